The molecule has 1 amide bonds. The number of H-pyrrole nitrogens is 1. The number of rotatable bonds is 7. The molecule has 0 saturated carbocycles. The fourth-order valence-electron chi connectivity index (χ4n) is 4.47. The summed E-state index contributed by atoms with van der Waals surface area (Å²) in [6.07, 6.45) is 5.85. The number of hydrogen-bond acceptors (Lipinski definition) is 6. The van der Waals surface area contributed by atoms with Crippen molar-refractivity contribution in [2.75, 3.05) is 11.1 Å². The van der Waals surface area contributed by atoms with Crippen molar-refractivity contribution in [3.05, 3.63) is 59.0 Å². The van der Waals surface area contributed by atoms with Gasteiger partial charge < -0.3 is 10.3 Å². The van der Waals surface area contributed by atoms with Gasteiger partial charge in [0.05, 0.1) is 26.8 Å². The van der Waals surface area contributed by atoms with Gasteiger partial charge in [-0.05, 0) is 61.9 Å². The number of para-hydroxylation sites is 3. The largest absolute Gasteiger partial charge is 0.338 e. The van der Waals surface area contributed by atoms with E-state index in [1.807, 2.05) is 42.5 Å². The number of thiazole rings is 1. The number of aryl methyl sites for hydroxylation is 1. The van der Waals surface area contributed by atoms with Crippen LogP contribution in [0.3, 0.4) is 0 Å². The summed E-state index contributed by atoms with van der Waals surface area (Å²) in [7, 11) is 0. The van der Waals surface area contributed by atoms with E-state index in [1.54, 1.807) is 34.4 Å². The number of nitrogens with zero attached hydrogens (tertiary/aromatic N) is 2. The third kappa shape index (κ3) is 4.37. The minimum absolute atomic E-state index is 0.0702. The van der Waals surface area contributed by atoms with Crippen molar-refractivity contribution < 1.29 is 4.79 Å². The molecule has 0 fully saturated rings. The molecular weight excluding hydrogens is 481 g/mol. The number of nitrogens with one attached hydrogen (secondary N) is 2. The number of carbonyl (C=O) groups is 1. The van der Waals surface area contributed by atoms with Gasteiger partial charge in [-0.2, -0.15) is 0 Å². The van der Waals surface area contributed by atoms with E-state index in [-0.39, 0.29) is 5.91 Å². The van der Waals surface area contributed by atoms with Crippen LogP contribution >= 0.6 is 34.4 Å². The first kappa shape index (κ1) is 21.8. The van der Waals surface area contributed by atoms with Crippen molar-refractivity contribution >= 4 is 66.6 Å². The van der Waals surface area contributed by atoms with Gasteiger partial charge in [-0.1, -0.05) is 36.0 Å². The van der Waals surface area contributed by atoms with Gasteiger partial charge in [0.1, 0.15) is 10.8 Å². The second-order valence-electron chi connectivity index (χ2n) is 8.47. The summed E-state index contributed by atoms with van der Waals surface area (Å²) < 4.78 is 2.28. The Balaban J connectivity index is 1.14. The van der Waals surface area contributed by atoms with Crippen LogP contribution in [-0.2, 0) is 17.6 Å². The zero-order valence-corrected chi connectivity index (χ0v) is 21.0. The molecule has 0 saturated heterocycles. The molecule has 34 heavy (non-hydrogen) atoms. The van der Waals surface area contributed by atoms with Crippen LogP contribution in [0.1, 0.15) is 36.1 Å². The van der Waals surface area contributed by atoms with Crippen LogP contribution in [0.25, 0.3) is 32.6 Å². The van der Waals surface area contributed by atoms with Gasteiger partial charge in [0, 0.05) is 17.1 Å². The zero-order chi connectivity index (χ0) is 22.9. The van der Waals surface area contributed by atoms with Gasteiger partial charge in [-0.3, -0.25) is 4.79 Å². The van der Waals surface area contributed by atoms with Crippen LogP contribution in [0.4, 0.5) is 5.00 Å². The fraction of sp³-hybridized carbons (Fsp3) is 0.269. The lowest BCUT2D eigenvalue weighted by molar-refractivity contribution is -0.116. The zero-order valence-electron chi connectivity index (χ0n) is 18.6. The first-order valence-electron chi connectivity index (χ1n) is 11.6. The molecule has 0 atom stereocenters. The van der Waals surface area contributed by atoms with Crippen LogP contribution < -0.4 is 5.32 Å². The number of thiophene rings is 1. The molecule has 2 N–H and O–H groups in total. The van der Waals surface area contributed by atoms with E-state index in [0.29, 0.717) is 6.42 Å². The highest BCUT2D eigenvalue weighted by Crippen LogP contribution is 2.43. The van der Waals surface area contributed by atoms with E-state index in [1.165, 1.54) is 28.0 Å². The van der Waals surface area contributed by atoms with Crippen LogP contribution in [0.2, 0.25) is 0 Å². The van der Waals surface area contributed by atoms with Gasteiger partial charge in [0.15, 0.2) is 4.34 Å². The van der Waals surface area contributed by atoms with E-state index in [9.17, 15) is 4.79 Å². The lowest BCUT2D eigenvalue weighted by Crippen LogP contribution is -2.11. The molecule has 6 rings (SSSR count). The van der Waals surface area contributed by atoms with E-state index >= 15 is 0 Å². The van der Waals surface area contributed by atoms with Crippen molar-refractivity contribution in [2.45, 2.75) is 42.9 Å². The molecular formula is C26H24N4OS3. The number of thioether (sulfide) groups is 1. The average molecular weight is 505 g/mol. The summed E-state index contributed by atoms with van der Waals surface area (Å²) in [4.78, 5) is 27.3. The Morgan fingerprint density at radius 2 is 1.82 bits per heavy atom. The molecule has 0 unspecified atom stereocenters. The Morgan fingerprint density at radius 1 is 1.00 bits per heavy atom. The molecule has 2 aromatic carbocycles. The molecule has 3 aromatic heterocycles. The highest BCUT2D eigenvalue weighted by Gasteiger charge is 2.25. The molecule has 1 aliphatic carbocycles. The predicted molar refractivity (Wildman–Crippen MR) is 144 cm³/mol. The predicted octanol–water partition coefficient (Wildman–Crippen LogP) is 7.29. The van der Waals surface area contributed by atoms with E-state index in [2.05, 4.69) is 21.4 Å². The molecule has 1 aliphatic rings. The maximum Gasteiger partial charge on any atom is 0.225 e. The maximum absolute atomic E-state index is 12.9. The Hall–Kier alpha value is -2.68. The van der Waals surface area contributed by atoms with Gasteiger partial charge in [0.2, 0.25) is 5.91 Å². The average Bonchev–Trinajstić information content (AvgIpc) is 3.55. The van der Waals surface area contributed by atoms with E-state index < -0.39 is 0 Å². The number of fused-ring (bicyclic) bond motifs is 3. The summed E-state index contributed by atoms with van der Waals surface area (Å²) in [5.41, 5.74) is 5.48. The standard InChI is InChI=1S/C26H24N4OS3/c31-22(14-7-15-32-26-29-19-11-4-6-13-21(19)34-26)30-25-23(16-8-1-5-12-20(16)33-25)24-27-17-9-2-3-10-18(17)28-24/h2-4,6,9-11,13H,1,5,7-8,12,14-15H2,(H,27,28)(H,30,31). The monoisotopic (exact) mass is 504 g/mol. The summed E-state index contributed by atoms with van der Waals surface area (Å²) in [6.45, 7) is 0. The lowest BCUT2D eigenvalue weighted by atomic mass is 9.95. The molecule has 0 radical (unpaired) electrons. The van der Waals surface area contributed by atoms with Crippen LogP contribution in [0, 0.1) is 0 Å². The smallest absolute Gasteiger partial charge is 0.225 e. The van der Waals surface area contributed by atoms with E-state index in [0.717, 1.165) is 62.3 Å². The first-order valence-corrected chi connectivity index (χ1v) is 14.2. The molecule has 0 spiro atoms. The second-order valence-corrected chi connectivity index (χ2v) is 11.9. The van der Waals surface area contributed by atoms with Gasteiger partial charge in [0.25, 0.3) is 0 Å². The topological polar surface area (TPSA) is 70.7 Å². The number of benzene rings is 2. The molecule has 0 bridgehead atoms. The van der Waals surface area contributed by atoms with Crippen molar-refractivity contribution in [1.29, 1.82) is 0 Å². The second kappa shape index (κ2) is 9.52. The molecule has 8 heteroatoms. The number of carbonyl (C=O) groups excluding carboxylic acids is 1. The quantitative estimate of drug-likeness (QED) is 0.180. The third-order valence-electron chi connectivity index (χ3n) is 6.10. The summed E-state index contributed by atoms with van der Waals surface area (Å²) >= 11 is 5.18. The van der Waals surface area contributed by atoms with Gasteiger partial charge >= 0.3 is 0 Å². The molecule has 5 nitrogen and oxygen atoms in total. The molecule has 5 aromatic rings. The number of anilines is 1. The van der Waals surface area contributed by atoms with Crippen molar-refractivity contribution in [3.63, 3.8) is 0 Å². The SMILES string of the molecule is O=C(CCCSc1nc2ccccc2s1)Nc1sc2c(c1-c1nc3ccccc3[nH]1)CCCC2. The Bertz CT molecular complexity index is 1420. The van der Waals surface area contributed by atoms with Gasteiger partial charge in [-0.25, -0.2) is 9.97 Å². The first-order chi connectivity index (χ1) is 16.7. The highest BCUT2D eigenvalue weighted by atomic mass is 32.2. The minimum Gasteiger partial charge on any atom is -0.338 e. The number of aromatic nitrogens is 3. The minimum atomic E-state index is 0.0702. The number of amides is 1. The third-order valence-corrected chi connectivity index (χ3v) is 9.57. The highest BCUT2D eigenvalue weighted by molar-refractivity contribution is 8.01. The number of imidazole rings is 1. The van der Waals surface area contributed by atoms with Crippen LogP contribution in [0.15, 0.2) is 52.9 Å². The van der Waals surface area contributed by atoms with Crippen LogP contribution in [0.5, 0.6) is 0 Å². The lowest BCUT2D eigenvalue weighted by Gasteiger charge is -2.12. The van der Waals surface area contributed by atoms with Crippen molar-refractivity contribution in [1.82, 2.24) is 15.0 Å². The number of aromatic amines is 1. The summed E-state index contributed by atoms with van der Waals surface area (Å²) in [5.74, 6) is 1.81. The van der Waals surface area contributed by atoms with Crippen molar-refractivity contribution in [3.8, 4) is 11.4 Å². The Labute approximate surface area is 210 Å². The van der Waals surface area contributed by atoms with Crippen molar-refractivity contribution in [2.24, 2.45) is 0 Å². The van der Waals surface area contributed by atoms with E-state index in [4.69, 9.17) is 4.98 Å². The normalized spacial score (nSPS) is 13.4. The summed E-state index contributed by atoms with van der Waals surface area (Å²) in [6, 6.07) is 16.3. The fourth-order valence-corrected chi connectivity index (χ4v) is 7.85. The maximum atomic E-state index is 12.9. The molecule has 0 aliphatic heterocycles. The summed E-state index contributed by atoms with van der Waals surface area (Å²) in [5, 5.41) is 4.17. The van der Waals surface area contributed by atoms with Gasteiger partial charge in [-0.15, -0.1) is 22.7 Å². The molecule has 3 heterocycles. The van der Waals surface area contributed by atoms with Crippen LogP contribution in [-0.4, -0.2) is 26.6 Å². The molecule has 172 valence electrons. The Kier molecular flexibility index (Phi) is 6.11. The Morgan fingerprint density at radius 3 is 2.71 bits per heavy atom. The number of hydrogen-bond donors (Lipinski definition) is 2.